The molecule has 2 heteroatoms. The molecule has 1 N–H and O–H groups in total. The van der Waals surface area contributed by atoms with Gasteiger partial charge in [-0.1, -0.05) is 19.1 Å². The Bertz CT molecular complexity index is 392. The van der Waals surface area contributed by atoms with E-state index in [1.807, 2.05) is 0 Å². The molecule has 0 aromatic heterocycles. The second kappa shape index (κ2) is 5.96. The van der Waals surface area contributed by atoms with Gasteiger partial charge in [-0.2, -0.15) is 0 Å². The van der Waals surface area contributed by atoms with Crippen LogP contribution in [0.3, 0.4) is 0 Å². The van der Waals surface area contributed by atoms with Crippen molar-refractivity contribution in [1.29, 1.82) is 0 Å². The van der Waals surface area contributed by atoms with E-state index in [1.165, 1.54) is 56.4 Å². The summed E-state index contributed by atoms with van der Waals surface area (Å²) in [5, 5.41) is 3.68. The second-order valence-corrected chi connectivity index (χ2v) is 6.44. The zero-order valence-electron chi connectivity index (χ0n) is 12.1. The molecule has 0 amide bonds. The predicted molar refractivity (Wildman–Crippen MR) is 81.4 cm³/mol. The van der Waals surface area contributed by atoms with Crippen LogP contribution in [0.25, 0.3) is 0 Å². The molecule has 2 unspecified atom stereocenters. The fourth-order valence-electron chi connectivity index (χ4n) is 3.48. The van der Waals surface area contributed by atoms with Gasteiger partial charge in [0.15, 0.2) is 0 Å². The third-order valence-corrected chi connectivity index (χ3v) is 4.62. The highest BCUT2D eigenvalue weighted by molar-refractivity contribution is 5.45. The summed E-state index contributed by atoms with van der Waals surface area (Å²) in [5.41, 5.74) is 2.75. The smallest absolute Gasteiger partial charge is 0.0342 e. The maximum absolute atomic E-state index is 3.68. The number of rotatable bonds is 4. The van der Waals surface area contributed by atoms with Crippen LogP contribution >= 0.6 is 0 Å². The van der Waals surface area contributed by atoms with E-state index in [9.17, 15) is 0 Å². The molecular weight excluding hydrogens is 232 g/mol. The molecule has 1 saturated carbocycles. The summed E-state index contributed by atoms with van der Waals surface area (Å²) < 4.78 is 0. The first-order chi connectivity index (χ1) is 9.29. The lowest BCUT2D eigenvalue weighted by molar-refractivity contribution is 0.331. The molecule has 0 bridgehead atoms. The molecule has 1 aliphatic carbocycles. The Morgan fingerprint density at radius 3 is 2.47 bits per heavy atom. The predicted octanol–water partition coefficient (Wildman–Crippen LogP) is 3.88. The van der Waals surface area contributed by atoms with Crippen LogP contribution in [0.15, 0.2) is 24.3 Å². The number of hydrogen-bond acceptors (Lipinski definition) is 2. The SMILES string of the molecule is CC1CCC(Nc2ccc(CN3CCCC3)cc2)C1. The van der Waals surface area contributed by atoms with E-state index in [0.29, 0.717) is 6.04 Å². The van der Waals surface area contributed by atoms with E-state index in [2.05, 4.69) is 41.4 Å². The van der Waals surface area contributed by atoms with E-state index in [4.69, 9.17) is 0 Å². The normalized spacial score (nSPS) is 27.8. The van der Waals surface area contributed by atoms with Gasteiger partial charge in [0, 0.05) is 18.3 Å². The van der Waals surface area contributed by atoms with E-state index in [0.717, 1.165) is 12.5 Å². The Morgan fingerprint density at radius 1 is 1.11 bits per heavy atom. The van der Waals surface area contributed by atoms with Gasteiger partial charge < -0.3 is 5.32 Å². The van der Waals surface area contributed by atoms with Gasteiger partial charge in [-0.05, 0) is 68.8 Å². The van der Waals surface area contributed by atoms with E-state index < -0.39 is 0 Å². The number of nitrogens with zero attached hydrogens (tertiary/aromatic N) is 1. The number of nitrogens with one attached hydrogen (secondary N) is 1. The maximum atomic E-state index is 3.68. The molecule has 1 aromatic carbocycles. The van der Waals surface area contributed by atoms with Crippen molar-refractivity contribution in [1.82, 2.24) is 4.90 Å². The summed E-state index contributed by atoms with van der Waals surface area (Å²) in [6, 6.07) is 9.79. The molecule has 1 saturated heterocycles. The van der Waals surface area contributed by atoms with Gasteiger partial charge in [-0.25, -0.2) is 0 Å². The number of benzene rings is 1. The molecular formula is C17H26N2. The van der Waals surface area contributed by atoms with E-state index in [-0.39, 0.29) is 0 Å². The Labute approximate surface area is 117 Å². The van der Waals surface area contributed by atoms with Crippen molar-refractivity contribution in [3.05, 3.63) is 29.8 Å². The molecule has 0 spiro atoms. The van der Waals surface area contributed by atoms with Crippen molar-refractivity contribution in [2.24, 2.45) is 5.92 Å². The van der Waals surface area contributed by atoms with Gasteiger partial charge in [-0.15, -0.1) is 0 Å². The summed E-state index contributed by atoms with van der Waals surface area (Å²) >= 11 is 0. The minimum atomic E-state index is 0.694. The minimum absolute atomic E-state index is 0.694. The highest BCUT2D eigenvalue weighted by atomic mass is 15.1. The summed E-state index contributed by atoms with van der Waals surface area (Å²) in [5.74, 6) is 0.895. The molecule has 19 heavy (non-hydrogen) atoms. The highest BCUT2D eigenvalue weighted by Crippen LogP contribution is 2.27. The summed E-state index contributed by atoms with van der Waals surface area (Å²) in [7, 11) is 0. The molecule has 2 fully saturated rings. The van der Waals surface area contributed by atoms with Crippen molar-refractivity contribution in [2.75, 3.05) is 18.4 Å². The van der Waals surface area contributed by atoms with Gasteiger partial charge in [0.05, 0.1) is 0 Å². The molecule has 0 radical (unpaired) electrons. The number of hydrogen-bond donors (Lipinski definition) is 1. The Balaban J connectivity index is 1.53. The molecule has 3 rings (SSSR count). The molecule has 1 aliphatic heterocycles. The fraction of sp³-hybridized carbons (Fsp3) is 0.647. The van der Waals surface area contributed by atoms with Crippen LogP contribution in [0, 0.1) is 5.92 Å². The average molecular weight is 258 g/mol. The van der Waals surface area contributed by atoms with E-state index in [1.54, 1.807) is 0 Å². The molecule has 1 aromatic rings. The largest absolute Gasteiger partial charge is 0.382 e. The quantitative estimate of drug-likeness (QED) is 0.881. The number of likely N-dealkylation sites (tertiary alicyclic amines) is 1. The lowest BCUT2D eigenvalue weighted by atomic mass is 10.1. The second-order valence-electron chi connectivity index (χ2n) is 6.44. The van der Waals surface area contributed by atoms with Gasteiger partial charge >= 0.3 is 0 Å². The van der Waals surface area contributed by atoms with Crippen molar-refractivity contribution in [3.8, 4) is 0 Å². The van der Waals surface area contributed by atoms with Crippen LogP contribution < -0.4 is 5.32 Å². The van der Waals surface area contributed by atoms with Crippen LogP contribution in [-0.4, -0.2) is 24.0 Å². The van der Waals surface area contributed by atoms with Crippen molar-refractivity contribution in [3.63, 3.8) is 0 Å². The van der Waals surface area contributed by atoms with Gasteiger partial charge in [0.2, 0.25) is 0 Å². The third kappa shape index (κ3) is 3.50. The zero-order valence-corrected chi connectivity index (χ0v) is 12.1. The van der Waals surface area contributed by atoms with Crippen LogP contribution in [0.2, 0.25) is 0 Å². The topological polar surface area (TPSA) is 15.3 Å². The Morgan fingerprint density at radius 2 is 1.84 bits per heavy atom. The molecule has 104 valence electrons. The maximum Gasteiger partial charge on any atom is 0.0342 e. The monoisotopic (exact) mass is 258 g/mol. The average Bonchev–Trinajstić information content (AvgIpc) is 3.04. The van der Waals surface area contributed by atoms with Crippen LogP contribution in [0.4, 0.5) is 5.69 Å². The minimum Gasteiger partial charge on any atom is -0.382 e. The summed E-state index contributed by atoms with van der Waals surface area (Å²) in [4.78, 5) is 2.56. The lowest BCUT2D eigenvalue weighted by Gasteiger charge is -2.16. The Kier molecular flexibility index (Phi) is 4.07. The zero-order chi connectivity index (χ0) is 13.1. The van der Waals surface area contributed by atoms with Gasteiger partial charge in [0.25, 0.3) is 0 Å². The first-order valence-corrected chi connectivity index (χ1v) is 7.87. The van der Waals surface area contributed by atoms with Crippen LogP contribution in [0.5, 0.6) is 0 Å². The van der Waals surface area contributed by atoms with Gasteiger partial charge in [-0.3, -0.25) is 4.90 Å². The molecule has 1 heterocycles. The number of anilines is 1. The summed E-state index contributed by atoms with van der Waals surface area (Å²) in [6.45, 7) is 6.04. The summed E-state index contributed by atoms with van der Waals surface area (Å²) in [6.07, 6.45) is 6.79. The van der Waals surface area contributed by atoms with Crippen molar-refractivity contribution < 1.29 is 0 Å². The third-order valence-electron chi connectivity index (χ3n) is 4.62. The van der Waals surface area contributed by atoms with Crippen LogP contribution in [-0.2, 0) is 6.54 Å². The first-order valence-electron chi connectivity index (χ1n) is 7.87. The first kappa shape index (κ1) is 13.0. The van der Waals surface area contributed by atoms with Gasteiger partial charge in [0.1, 0.15) is 0 Å². The van der Waals surface area contributed by atoms with Crippen molar-refractivity contribution in [2.45, 2.75) is 51.6 Å². The lowest BCUT2D eigenvalue weighted by Crippen LogP contribution is -2.18. The van der Waals surface area contributed by atoms with Crippen LogP contribution in [0.1, 0.15) is 44.6 Å². The fourth-order valence-corrected chi connectivity index (χ4v) is 3.48. The molecule has 2 atom stereocenters. The van der Waals surface area contributed by atoms with E-state index >= 15 is 0 Å². The standard InChI is InChI=1S/C17H26N2/c1-14-4-7-17(12-14)18-16-8-5-15(6-9-16)13-19-10-2-3-11-19/h5-6,8-9,14,17-18H,2-4,7,10-13H2,1H3. The Hall–Kier alpha value is -1.02. The molecule has 2 nitrogen and oxygen atoms in total. The molecule has 2 aliphatic rings. The highest BCUT2D eigenvalue weighted by Gasteiger charge is 2.20. The van der Waals surface area contributed by atoms with Crippen molar-refractivity contribution >= 4 is 5.69 Å².